The Morgan fingerprint density at radius 3 is 2.74 bits per heavy atom. The normalized spacial score (nSPS) is 12.2. The van der Waals surface area contributed by atoms with Gasteiger partial charge in [-0.3, -0.25) is 4.79 Å². The quantitative estimate of drug-likeness (QED) is 0.820. The minimum absolute atomic E-state index is 0.0725. The van der Waals surface area contributed by atoms with Gasteiger partial charge in [0.15, 0.2) is 0 Å². The number of nitrogens with two attached hydrogens (primary N) is 1. The number of hydrogen-bond acceptors (Lipinski definition) is 2. The molecule has 0 aromatic heterocycles. The van der Waals surface area contributed by atoms with Gasteiger partial charge >= 0.3 is 0 Å². The summed E-state index contributed by atoms with van der Waals surface area (Å²) in [5.74, 6) is 0.282. The second kappa shape index (κ2) is 7.95. The maximum atomic E-state index is 12.5. The van der Waals surface area contributed by atoms with Crippen molar-refractivity contribution in [2.75, 3.05) is 18.0 Å². The van der Waals surface area contributed by atoms with E-state index in [0.717, 1.165) is 24.9 Å². The Bertz CT molecular complexity index is 403. The van der Waals surface area contributed by atoms with Crippen molar-refractivity contribution >= 4 is 11.6 Å². The molecule has 1 unspecified atom stereocenters. The first-order valence-corrected chi connectivity index (χ1v) is 7.18. The van der Waals surface area contributed by atoms with E-state index in [-0.39, 0.29) is 11.8 Å². The maximum Gasteiger partial charge on any atom is 0.229 e. The van der Waals surface area contributed by atoms with Crippen LogP contribution in [0.25, 0.3) is 0 Å². The van der Waals surface area contributed by atoms with E-state index in [0.29, 0.717) is 13.1 Å². The zero-order valence-corrected chi connectivity index (χ0v) is 12.4. The molecule has 0 spiro atoms. The number of anilines is 1. The number of benzene rings is 1. The summed E-state index contributed by atoms with van der Waals surface area (Å²) in [5, 5.41) is 0. The fourth-order valence-corrected chi connectivity index (χ4v) is 2.23. The van der Waals surface area contributed by atoms with Crippen LogP contribution in [0.3, 0.4) is 0 Å². The molecule has 19 heavy (non-hydrogen) atoms. The van der Waals surface area contributed by atoms with Crippen molar-refractivity contribution < 1.29 is 4.79 Å². The Labute approximate surface area is 116 Å². The molecule has 0 aliphatic rings. The standard InChI is InChI=1S/C16H26N2O/c1-4-7-14(3)16(19)18(11-6-10-17)15-9-5-8-13(2)12-15/h5,8-9,12,14H,4,6-7,10-11,17H2,1-3H3. The number of nitrogens with zero attached hydrogens (tertiary/aromatic N) is 1. The van der Waals surface area contributed by atoms with E-state index in [1.54, 1.807) is 0 Å². The highest BCUT2D eigenvalue weighted by molar-refractivity contribution is 5.94. The van der Waals surface area contributed by atoms with Gasteiger partial charge in [0.2, 0.25) is 5.91 Å². The van der Waals surface area contributed by atoms with Crippen molar-refractivity contribution in [3.05, 3.63) is 29.8 Å². The molecule has 0 aliphatic carbocycles. The Kier molecular flexibility index (Phi) is 6.57. The van der Waals surface area contributed by atoms with Gasteiger partial charge in [-0.25, -0.2) is 0 Å². The molecule has 3 nitrogen and oxygen atoms in total. The molecule has 3 heteroatoms. The fraction of sp³-hybridized carbons (Fsp3) is 0.562. The van der Waals surface area contributed by atoms with E-state index < -0.39 is 0 Å². The highest BCUT2D eigenvalue weighted by atomic mass is 16.2. The van der Waals surface area contributed by atoms with Crippen LogP contribution in [0.5, 0.6) is 0 Å². The third kappa shape index (κ3) is 4.67. The highest BCUT2D eigenvalue weighted by Gasteiger charge is 2.20. The SMILES string of the molecule is CCCC(C)C(=O)N(CCCN)c1cccc(C)c1. The first-order valence-electron chi connectivity index (χ1n) is 7.18. The van der Waals surface area contributed by atoms with Crippen molar-refractivity contribution in [2.45, 2.75) is 40.0 Å². The van der Waals surface area contributed by atoms with Crippen molar-refractivity contribution in [2.24, 2.45) is 11.7 Å². The molecule has 2 N–H and O–H groups in total. The zero-order valence-electron chi connectivity index (χ0n) is 12.4. The summed E-state index contributed by atoms with van der Waals surface area (Å²) in [7, 11) is 0. The number of rotatable bonds is 7. The summed E-state index contributed by atoms with van der Waals surface area (Å²) in [4.78, 5) is 14.4. The Balaban J connectivity index is 2.90. The van der Waals surface area contributed by atoms with Crippen LogP contribution in [-0.4, -0.2) is 19.0 Å². The monoisotopic (exact) mass is 262 g/mol. The van der Waals surface area contributed by atoms with E-state index in [1.807, 2.05) is 36.9 Å². The fourth-order valence-electron chi connectivity index (χ4n) is 2.23. The van der Waals surface area contributed by atoms with Gasteiger partial charge in [0.05, 0.1) is 0 Å². The number of carbonyl (C=O) groups excluding carboxylic acids is 1. The van der Waals surface area contributed by atoms with Crippen LogP contribution < -0.4 is 10.6 Å². The minimum atomic E-state index is 0.0725. The molecule has 106 valence electrons. The average Bonchev–Trinajstić information content (AvgIpc) is 2.39. The molecule has 1 rings (SSSR count). The number of hydrogen-bond donors (Lipinski definition) is 1. The molecule has 0 aliphatic heterocycles. The summed E-state index contributed by atoms with van der Waals surface area (Å²) >= 11 is 0. The molecule has 0 saturated carbocycles. The largest absolute Gasteiger partial charge is 0.330 e. The molecule has 1 aromatic rings. The summed E-state index contributed by atoms with van der Waals surface area (Å²) in [6.45, 7) is 7.48. The molecule has 1 aromatic carbocycles. The second-order valence-electron chi connectivity index (χ2n) is 5.16. The summed E-state index contributed by atoms with van der Waals surface area (Å²) in [6.07, 6.45) is 2.80. The van der Waals surface area contributed by atoms with Crippen LogP contribution >= 0.6 is 0 Å². The molecule has 1 atom stereocenters. The average molecular weight is 262 g/mol. The maximum absolute atomic E-state index is 12.5. The van der Waals surface area contributed by atoms with Crippen molar-refractivity contribution in [1.29, 1.82) is 0 Å². The summed E-state index contributed by atoms with van der Waals surface area (Å²) < 4.78 is 0. The lowest BCUT2D eigenvalue weighted by molar-refractivity contribution is -0.122. The molecule has 0 bridgehead atoms. The Morgan fingerprint density at radius 1 is 1.42 bits per heavy atom. The van der Waals surface area contributed by atoms with Crippen LogP contribution in [-0.2, 0) is 4.79 Å². The van der Waals surface area contributed by atoms with Gasteiger partial charge in [0.1, 0.15) is 0 Å². The van der Waals surface area contributed by atoms with Gasteiger partial charge in [-0.1, -0.05) is 32.4 Å². The second-order valence-corrected chi connectivity index (χ2v) is 5.16. The van der Waals surface area contributed by atoms with Gasteiger partial charge < -0.3 is 10.6 Å². The van der Waals surface area contributed by atoms with Crippen LogP contribution in [0.15, 0.2) is 24.3 Å². The minimum Gasteiger partial charge on any atom is -0.330 e. The Hall–Kier alpha value is -1.35. The Morgan fingerprint density at radius 2 is 2.16 bits per heavy atom. The lowest BCUT2D eigenvalue weighted by Gasteiger charge is -2.26. The third-order valence-electron chi connectivity index (χ3n) is 3.31. The van der Waals surface area contributed by atoms with Gasteiger partial charge in [0.25, 0.3) is 0 Å². The van der Waals surface area contributed by atoms with Gasteiger partial charge in [-0.15, -0.1) is 0 Å². The molecule has 0 radical (unpaired) electrons. The molecule has 1 amide bonds. The smallest absolute Gasteiger partial charge is 0.229 e. The third-order valence-corrected chi connectivity index (χ3v) is 3.31. The van der Waals surface area contributed by atoms with Crippen LogP contribution in [0.2, 0.25) is 0 Å². The van der Waals surface area contributed by atoms with Gasteiger partial charge in [-0.05, 0) is 44.0 Å². The number of amides is 1. The van der Waals surface area contributed by atoms with E-state index in [1.165, 1.54) is 5.56 Å². The van der Waals surface area contributed by atoms with Gasteiger partial charge in [0, 0.05) is 18.2 Å². The lowest BCUT2D eigenvalue weighted by atomic mass is 10.0. The first-order chi connectivity index (χ1) is 9.10. The van der Waals surface area contributed by atoms with Crippen molar-refractivity contribution in [1.82, 2.24) is 0 Å². The number of carbonyl (C=O) groups is 1. The van der Waals surface area contributed by atoms with E-state index in [2.05, 4.69) is 13.0 Å². The van der Waals surface area contributed by atoms with Crippen LogP contribution in [0, 0.1) is 12.8 Å². The molecule has 0 fully saturated rings. The zero-order chi connectivity index (χ0) is 14.3. The highest BCUT2D eigenvalue weighted by Crippen LogP contribution is 2.20. The molecular formula is C16H26N2O. The topological polar surface area (TPSA) is 46.3 Å². The predicted octanol–water partition coefficient (Wildman–Crippen LogP) is 3.11. The molecular weight excluding hydrogens is 236 g/mol. The lowest BCUT2D eigenvalue weighted by Crippen LogP contribution is -2.36. The van der Waals surface area contributed by atoms with E-state index >= 15 is 0 Å². The van der Waals surface area contributed by atoms with Gasteiger partial charge in [-0.2, -0.15) is 0 Å². The van der Waals surface area contributed by atoms with E-state index in [9.17, 15) is 4.79 Å². The van der Waals surface area contributed by atoms with Crippen LogP contribution in [0.4, 0.5) is 5.69 Å². The van der Waals surface area contributed by atoms with Crippen LogP contribution in [0.1, 0.15) is 38.7 Å². The summed E-state index contributed by atoms with van der Waals surface area (Å²) in [6, 6.07) is 8.11. The van der Waals surface area contributed by atoms with Crippen molar-refractivity contribution in [3.63, 3.8) is 0 Å². The molecule has 0 saturated heterocycles. The predicted molar refractivity (Wildman–Crippen MR) is 81.3 cm³/mol. The molecule has 0 heterocycles. The summed E-state index contributed by atoms with van der Waals surface area (Å²) in [5.41, 5.74) is 7.74. The van der Waals surface area contributed by atoms with Crippen molar-refractivity contribution in [3.8, 4) is 0 Å². The number of aryl methyl sites for hydroxylation is 1. The first kappa shape index (κ1) is 15.7. The van der Waals surface area contributed by atoms with E-state index in [4.69, 9.17) is 5.73 Å².